The summed E-state index contributed by atoms with van der Waals surface area (Å²) in [7, 11) is 0. The molecule has 50 heavy (non-hydrogen) atoms. The Bertz CT molecular complexity index is 1490. The molecule has 2 heterocycles. The molecule has 13 heteroatoms. The normalized spacial score (nSPS) is 26.1. The molecule has 1 aliphatic heterocycles. The molecule has 5 amide bonds. The van der Waals surface area contributed by atoms with Crippen LogP contribution in [0.1, 0.15) is 109 Å². The van der Waals surface area contributed by atoms with Crippen LogP contribution >= 0.6 is 0 Å². The molecule has 0 radical (unpaired) electrons. The summed E-state index contributed by atoms with van der Waals surface area (Å²) in [5, 5.41) is 11.6. The van der Waals surface area contributed by atoms with Gasteiger partial charge in [0.2, 0.25) is 23.5 Å². The van der Waals surface area contributed by atoms with Gasteiger partial charge in [0.25, 0.3) is 11.8 Å². The third-order valence-corrected chi connectivity index (χ3v) is 11.7. The molecule has 1 unspecified atom stereocenters. The van der Waals surface area contributed by atoms with Crippen LogP contribution in [0.15, 0.2) is 18.6 Å². The van der Waals surface area contributed by atoms with Crippen molar-refractivity contribution in [2.45, 2.75) is 129 Å². The van der Waals surface area contributed by atoms with E-state index in [2.05, 4.69) is 45.1 Å². The highest BCUT2D eigenvalue weighted by Crippen LogP contribution is 2.65. The predicted octanol–water partition coefficient (Wildman–Crippen LogP) is 2.30. The van der Waals surface area contributed by atoms with Crippen molar-refractivity contribution < 1.29 is 28.8 Å². The summed E-state index contributed by atoms with van der Waals surface area (Å²) in [6.45, 7) is 10.1. The third kappa shape index (κ3) is 7.86. The number of aromatic nitrogens is 2. The minimum atomic E-state index is -1.00. The first-order chi connectivity index (χ1) is 23.7. The van der Waals surface area contributed by atoms with E-state index in [0.29, 0.717) is 13.0 Å². The maximum Gasteiger partial charge on any atom is 0.289 e. The van der Waals surface area contributed by atoms with Gasteiger partial charge in [-0.25, -0.2) is 4.98 Å². The first kappa shape index (κ1) is 35.9. The van der Waals surface area contributed by atoms with Gasteiger partial charge in [0.15, 0.2) is 0 Å². The van der Waals surface area contributed by atoms with E-state index >= 15 is 0 Å². The number of nitrogens with one attached hydrogen (secondary N) is 4. The maximum atomic E-state index is 14.6. The molecule has 5 fully saturated rings. The van der Waals surface area contributed by atoms with E-state index in [9.17, 15) is 28.8 Å². The van der Waals surface area contributed by atoms with Gasteiger partial charge in [0, 0.05) is 25.0 Å². The molecular weight excluding hydrogens is 638 g/mol. The molecule has 0 aromatic carbocycles. The number of ketones is 1. The lowest BCUT2D eigenvalue weighted by Crippen LogP contribution is -2.63. The van der Waals surface area contributed by atoms with Crippen LogP contribution in [0.25, 0.3) is 0 Å². The average molecular weight is 692 g/mol. The first-order valence-corrected chi connectivity index (χ1v) is 18.5. The van der Waals surface area contributed by atoms with Crippen LogP contribution < -0.4 is 21.3 Å². The lowest BCUT2D eigenvalue weighted by molar-refractivity contribution is -0.147. The number of rotatable bonds is 13. The van der Waals surface area contributed by atoms with E-state index in [1.165, 1.54) is 18.6 Å². The molecule has 13 nitrogen and oxygen atoms in total. The van der Waals surface area contributed by atoms with Crippen molar-refractivity contribution in [3.63, 3.8) is 0 Å². The number of piperidine rings is 1. The van der Waals surface area contributed by atoms with Gasteiger partial charge >= 0.3 is 0 Å². The minimum absolute atomic E-state index is 0.0160. The van der Waals surface area contributed by atoms with Gasteiger partial charge in [-0.2, -0.15) is 0 Å². The molecule has 4 saturated carbocycles. The molecule has 0 bridgehead atoms. The summed E-state index contributed by atoms with van der Waals surface area (Å²) >= 11 is 0. The van der Waals surface area contributed by atoms with E-state index in [-0.39, 0.29) is 46.7 Å². The van der Waals surface area contributed by atoms with Crippen LogP contribution in [0.4, 0.5) is 0 Å². The van der Waals surface area contributed by atoms with Crippen molar-refractivity contribution in [1.82, 2.24) is 36.1 Å². The van der Waals surface area contributed by atoms with Crippen molar-refractivity contribution in [1.29, 1.82) is 0 Å². The Morgan fingerprint density at radius 3 is 2.22 bits per heavy atom. The lowest BCUT2D eigenvalue weighted by atomic mass is 9.82. The highest BCUT2D eigenvalue weighted by molar-refractivity contribution is 6.38. The molecule has 6 rings (SSSR count). The van der Waals surface area contributed by atoms with Crippen molar-refractivity contribution in [2.24, 2.45) is 34.5 Å². The number of carbonyl (C=O) groups excluding carboxylic acids is 6. The summed E-state index contributed by atoms with van der Waals surface area (Å²) < 4.78 is 0. The van der Waals surface area contributed by atoms with E-state index in [1.54, 1.807) is 4.90 Å². The fourth-order valence-corrected chi connectivity index (χ4v) is 8.17. The molecule has 5 aliphatic rings. The Hall–Kier alpha value is -3.90. The number of Topliss-reactive ketones (excluding diaryl/α,β-unsaturated/α-hetero) is 1. The summed E-state index contributed by atoms with van der Waals surface area (Å²) in [4.78, 5) is 91.8. The van der Waals surface area contributed by atoms with Crippen LogP contribution in [0.2, 0.25) is 0 Å². The Morgan fingerprint density at radius 2 is 1.62 bits per heavy atom. The van der Waals surface area contributed by atoms with Gasteiger partial charge in [0.1, 0.15) is 23.8 Å². The molecule has 4 aliphatic carbocycles. The summed E-state index contributed by atoms with van der Waals surface area (Å²) in [6, 6.07) is -3.68. The van der Waals surface area contributed by atoms with Gasteiger partial charge in [-0.1, -0.05) is 66.7 Å². The fourth-order valence-electron chi connectivity index (χ4n) is 8.17. The van der Waals surface area contributed by atoms with Crippen molar-refractivity contribution in [3.05, 3.63) is 24.3 Å². The first-order valence-electron chi connectivity index (χ1n) is 18.5. The third-order valence-electron chi connectivity index (χ3n) is 11.7. The summed E-state index contributed by atoms with van der Waals surface area (Å²) in [6.07, 6.45) is 12.7. The Labute approximate surface area is 294 Å². The average Bonchev–Trinajstić information content (AvgIpc) is 4.05. The number of fused-ring (bicyclic) bond motifs is 1. The standard InChI is InChI=1S/C37H53N7O6/c1-36(2,3)30(43-32(47)27(21-9-7-6-8-10-21)42-31(46)25-18-38-15-16-39-25)35(50)44-19-23-26(37(23,4)5)28(44)33(48)41-24(17-20-11-12-20)29(45)34(49)40-22-13-14-22/h15-16,18,20-24,26-28,30H,6-14,17,19H2,1-5H3,(H,40,49)(H,41,48)(H,42,46)(H,43,47)/t23-,24?,26-,27-,28-,30+/m0/s1. The van der Waals surface area contributed by atoms with E-state index < -0.39 is 59.0 Å². The monoisotopic (exact) mass is 691 g/mol. The van der Waals surface area contributed by atoms with E-state index in [4.69, 9.17) is 0 Å². The van der Waals surface area contributed by atoms with Gasteiger partial charge in [0.05, 0.1) is 12.2 Å². The van der Waals surface area contributed by atoms with Crippen LogP contribution in [-0.2, 0) is 24.0 Å². The van der Waals surface area contributed by atoms with Gasteiger partial charge in [-0.15, -0.1) is 0 Å². The fraction of sp³-hybridized carbons (Fsp3) is 0.730. The van der Waals surface area contributed by atoms with Crippen LogP contribution in [0.5, 0.6) is 0 Å². The number of nitrogens with zero attached hydrogens (tertiary/aromatic N) is 3. The highest BCUT2D eigenvalue weighted by atomic mass is 16.2. The van der Waals surface area contributed by atoms with Crippen molar-refractivity contribution in [3.8, 4) is 0 Å². The highest BCUT2D eigenvalue weighted by Gasteiger charge is 2.70. The minimum Gasteiger partial charge on any atom is -0.347 e. The number of amides is 5. The largest absolute Gasteiger partial charge is 0.347 e. The maximum absolute atomic E-state index is 14.6. The van der Waals surface area contributed by atoms with Gasteiger partial charge in [-0.05, 0) is 66.6 Å². The van der Waals surface area contributed by atoms with Crippen molar-refractivity contribution in [2.75, 3.05) is 6.54 Å². The van der Waals surface area contributed by atoms with Gasteiger partial charge < -0.3 is 26.2 Å². The predicted molar refractivity (Wildman–Crippen MR) is 183 cm³/mol. The lowest BCUT2D eigenvalue weighted by Gasteiger charge is -2.39. The smallest absolute Gasteiger partial charge is 0.289 e. The summed E-state index contributed by atoms with van der Waals surface area (Å²) in [5.41, 5.74) is -0.830. The van der Waals surface area contributed by atoms with E-state index in [0.717, 1.165) is 57.8 Å². The zero-order valence-corrected chi connectivity index (χ0v) is 30.0. The second-order valence-corrected chi connectivity index (χ2v) is 17.0. The number of carbonyl (C=O) groups is 6. The quantitative estimate of drug-likeness (QED) is 0.228. The molecule has 6 atom stereocenters. The Morgan fingerprint density at radius 1 is 0.920 bits per heavy atom. The Balaban J connectivity index is 1.21. The Kier molecular flexibility index (Phi) is 10.1. The molecule has 1 saturated heterocycles. The van der Waals surface area contributed by atoms with Crippen LogP contribution in [0.3, 0.4) is 0 Å². The van der Waals surface area contributed by atoms with E-state index in [1.807, 2.05) is 20.8 Å². The molecule has 4 N–H and O–H groups in total. The van der Waals surface area contributed by atoms with Crippen LogP contribution in [-0.4, -0.2) is 86.9 Å². The molecule has 1 aromatic heterocycles. The van der Waals surface area contributed by atoms with Gasteiger partial charge in [-0.3, -0.25) is 33.8 Å². The molecule has 272 valence electrons. The van der Waals surface area contributed by atoms with Crippen LogP contribution in [0, 0.1) is 34.5 Å². The number of likely N-dealkylation sites (tertiary alicyclic amines) is 1. The molecule has 0 spiro atoms. The molecule has 1 aromatic rings. The van der Waals surface area contributed by atoms with Crippen molar-refractivity contribution >= 4 is 35.3 Å². The number of hydrogen-bond donors (Lipinski definition) is 4. The molecular formula is C37H53N7O6. The number of hydrogen-bond acceptors (Lipinski definition) is 8. The zero-order chi connectivity index (χ0) is 36.0. The summed E-state index contributed by atoms with van der Waals surface area (Å²) in [5.74, 6) is -2.98. The topological polar surface area (TPSA) is 180 Å². The second kappa shape index (κ2) is 14.0. The SMILES string of the molecule is CC(C)(C)[C@H](NC(=O)[C@@H](NC(=O)c1cnccn1)C1CCCCC1)C(=O)N1C[C@H]2[C@@H]([C@H]1C(=O)NC(CC1CC1)C(=O)C(=O)NC1CC1)C2(C)C. The second-order valence-electron chi connectivity index (χ2n) is 17.0. The zero-order valence-electron chi connectivity index (χ0n) is 30.0.